The third-order valence-electron chi connectivity index (χ3n) is 4.58. The molecule has 2 aliphatic heterocycles. The lowest BCUT2D eigenvalue weighted by atomic mass is 9.97. The van der Waals surface area contributed by atoms with E-state index in [0.717, 1.165) is 11.1 Å². The van der Waals surface area contributed by atoms with Crippen molar-refractivity contribution in [2.45, 2.75) is 52.2 Å². The number of ether oxygens (including phenoxy) is 1. The summed E-state index contributed by atoms with van der Waals surface area (Å²) in [4.78, 5) is 2.25. The molecule has 3 rings (SSSR count). The number of para-hydroxylation sites is 1. The standard InChI is InChI=1S/C18H25NO4S/c1-12(2)19(13(3)4)16-11-24(20,21)23-18-14(16)9-10-22-17-8-6-5-7-15(17)18/h5-8,12-13,16H,9-11H2,1-4H3. The summed E-state index contributed by atoms with van der Waals surface area (Å²) in [5, 5.41) is 0. The molecule has 1 atom stereocenters. The fourth-order valence-corrected chi connectivity index (χ4v) is 5.07. The van der Waals surface area contributed by atoms with E-state index in [-0.39, 0.29) is 23.9 Å². The molecule has 1 aromatic carbocycles. The Balaban J connectivity index is 2.17. The lowest BCUT2D eigenvalue weighted by Crippen LogP contribution is -2.51. The molecule has 24 heavy (non-hydrogen) atoms. The van der Waals surface area contributed by atoms with Gasteiger partial charge in [0.15, 0.2) is 5.76 Å². The second-order valence-electron chi connectivity index (χ2n) is 6.91. The summed E-state index contributed by atoms with van der Waals surface area (Å²) in [5.74, 6) is 1.13. The normalized spacial score (nSPS) is 22.7. The number of hydrogen-bond acceptors (Lipinski definition) is 5. The van der Waals surface area contributed by atoms with E-state index in [2.05, 4.69) is 32.6 Å². The van der Waals surface area contributed by atoms with Gasteiger partial charge in [-0.15, -0.1) is 0 Å². The van der Waals surface area contributed by atoms with Crippen LogP contribution in [0.1, 0.15) is 39.7 Å². The van der Waals surface area contributed by atoms with Gasteiger partial charge in [-0.2, -0.15) is 8.42 Å². The van der Waals surface area contributed by atoms with Crippen molar-refractivity contribution in [1.29, 1.82) is 0 Å². The molecule has 1 aromatic rings. The number of benzene rings is 1. The van der Waals surface area contributed by atoms with Gasteiger partial charge in [-0.05, 0) is 45.4 Å². The molecule has 0 spiro atoms. The largest absolute Gasteiger partial charge is 0.492 e. The molecular weight excluding hydrogens is 326 g/mol. The van der Waals surface area contributed by atoms with Gasteiger partial charge in [0.25, 0.3) is 0 Å². The first-order valence-electron chi connectivity index (χ1n) is 8.45. The fraction of sp³-hybridized carbons (Fsp3) is 0.556. The maximum Gasteiger partial charge on any atom is 0.311 e. The molecule has 0 aliphatic carbocycles. The SMILES string of the molecule is CC(C)N(C(C)C)C1CS(=O)(=O)OC2=C1CCOc1ccccc12. The summed E-state index contributed by atoms with van der Waals surface area (Å²) < 4.78 is 36.2. The summed E-state index contributed by atoms with van der Waals surface area (Å²) in [7, 11) is -3.63. The van der Waals surface area contributed by atoms with Crippen molar-refractivity contribution in [3.63, 3.8) is 0 Å². The summed E-state index contributed by atoms with van der Waals surface area (Å²) >= 11 is 0. The van der Waals surface area contributed by atoms with Crippen LogP contribution in [0.2, 0.25) is 0 Å². The van der Waals surface area contributed by atoms with E-state index in [0.29, 0.717) is 24.5 Å². The Morgan fingerprint density at radius 2 is 1.79 bits per heavy atom. The summed E-state index contributed by atoms with van der Waals surface area (Å²) in [6.07, 6.45) is 0.667. The smallest absolute Gasteiger partial charge is 0.311 e. The van der Waals surface area contributed by atoms with E-state index < -0.39 is 10.1 Å². The first-order valence-corrected chi connectivity index (χ1v) is 10.0. The quantitative estimate of drug-likeness (QED) is 0.784. The number of nitrogens with zero attached hydrogens (tertiary/aromatic N) is 1. The Morgan fingerprint density at radius 3 is 2.46 bits per heavy atom. The molecule has 0 bridgehead atoms. The highest BCUT2D eigenvalue weighted by atomic mass is 32.2. The van der Waals surface area contributed by atoms with E-state index >= 15 is 0 Å². The third-order valence-corrected chi connectivity index (χ3v) is 5.72. The second-order valence-corrected chi connectivity index (χ2v) is 8.52. The van der Waals surface area contributed by atoms with E-state index in [1.165, 1.54) is 0 Å². The second kappa shape index (κ2) is 6.41. The van der Waals surface area contributed by atoms with Gasteiger partial charge in [-0.25, -0.2) is 0 Å². The molecule has 0 fully saturated rings. The Labute approximate surface area is 144 Å². The monoisotopic (exact) mass is 351 g/mol. The Bertz CT molecular complexity index is 744. The van der Waals surface area contributed by atoms with E-state index in [1.54, 1.807) is 0 Å². The number of hydrogen-bond donors (Lipinski definition) is 0. The van der Waals surface area contributed by atoms with Crippen molar-refractivity contribution < 1.29 is 17.3 Å². The molecule has 132 valence electrons. The zero-order chi connectivity index (χ0) is 17.5. The maximum atomic E-state index is 12.5. The van der Waals surface area contributed by atoms with Crippen LogP contribution in [-0.2, 0) is 14.3 Å². The predicted octanol–water partition coefficient (Wildman–Crippen LogP) is 3.03. The van der Waals surface area contributed by atoms with E-state index in [4.69, 9.17) is 8.92 Å². The topological polar surface area (TPSA) is 55.8 Å². The molecule has 2 heterocycles. The van der Waals surface area contributed by atoms with Crippen molar-refractivity contribution in [2.24, 2.45) is 0 Å². The van der Waals surface area contributed by atoms with Crippen LogP contribution in [0.3, 0.4) is 0 Å². The molecule has 1 unspecified atom stereocenters. The van der Waals surface area contributed by atoms with Crippen LogP contribution < -0.4 is 4.74 Å². The lowest BCUT2D eigenvalue weighted by Gasteiger charge is -2.41. The Kier molecular flexibility index (Phi) is 4.62. The van der Waals surface area contributed by atoms with Crippen LogP contribution in [-0.4, -0.2) is 43.8 Å². The minimum atomic E-state index is -3.63. The predicted molar refractivity (Wildman–Crippen MR) is 94.2 cm³/mol. The average Bonchev–Trinajstić information content (AvgIpc) is 2.65. The Morgan fingerprint density at radius 1 is 1.12 bits per heavy atom. The third kappa shape index (κ3) is 3.17. The highest BCUT2D eigenvalue weighted by Gasteiger charge is 2.40. The van der Waals surface area contributed by atoms with Crippen LogP contribution in [0.4, 0.5) is 0 Å². The van der Waals surface area contributed by atoms with Gasteiger partial charge in [-0.1, -0.05) is 12.1 Å². The Hall–Kier alpha value is -1.53. The highest BCUT2D eigenvalue weighted by Crippen LogP contribution is 2.40. The summed E-state index contributed by atoms with van der Waals surface area (Å²) in [6, 6.07) is 7.76. The van der Waals surface area contributed by atoms with Crippen molar-refractivity contribution in [3.05, 3.63) is 35.4 Å². The highest BCUT2D eigenvalue weighted by molar-refractivity contribution is 7.87. The lowest BCUT2D eigenvalue weighted by molar-refractivity contribution is 0.135. The molecule has 0 radical (unpaired) electrons. The zero-order valence-corrected chi connectivity index (χ0v) is 15.5. The maximum absolute atomic E-state index is 12.5. The molecule has 0 aromatic heterocycles. The van der Waals surface area contributed by atoms with Gasteiger partial charge in [0.05, 0.1) is 18.2 Å². The molecule has 0 amide bonds. The number of fused-ring (bicyclic) bond motifs is 2. The van der Waals surface area contributed by atoms with Crippen LogP contribution in [0.15, 0.2) is 29.8 Å². The van der Waals surface area contributed by atoms with Crippen LogP contribution in [0.25, 0.3) is 5.76 Å². The van der Waals surface area contributed by atoms with Crippen LogP contribution in [0.5, 0.6) is 5.75 Å². The minimum absolute atomic E-state index is 0.00956. The minimum Gasteiger partial charge on any atom is -0.492 e. The van der Waals surface area contributed by atoms with Gasteiger partial charge in [0, 0.05) is 18.5 Å². The van der Waals surface area contributed by atoms with E-state index in [9.17, 15) is 8.42 Å². The van der Waals surface area contributed by atoms with Gasteiger partial charge < -0.3 is 8.92 Å². The number of rotatable bonds is 3. The van der Waals surface area contributed by atoms with Gasteiger partial charge in [-0.3, -0.25) is 4.90 Å². The van der Waals surface area contributed by atoms with Crippen molar-refractivity contribution in [2.75, 3.05) is 12.4 Å². The van der Waals surface area contributed by atoms with Gasteiger partial charge in [0.1, 0.15) is 11.5 Å². The van der Waals surface area contributed by atoms with E-state index in [1.807, 2.05) is 24.3 Å². The summed E-state index contributed by atoms with van der Waals surface area (Å²) in [5.41, 5.74) is 1.75. The van der Waals surface area contributed by atoms with Crippen LogP contribution in [0, 0.1) is 0 Å². The average molecular weight is 351 g/mol. The molecule has 6 heteroatoms. The van der Waals surface area contributed by atoms with Crippen LogP contribution >= 0.6 is 0 Å². The molecule has 0 saturated heterocycles. The zero-order valence-electron chi connectivity index (χ0n) is 14.7. The first kappa shape index (κ1) is 17.3. The first-order chi connectivity index (χ1) is 11.3. The van der Waals surface area contributed by atoms with Crippen molar-refractivity contribution in [3.8, 4) is 5.75 Å². The molecule has 0 saturated carbocycles. The molecule has 0 N–H and O–H groups in total. The van der Waals surface area contributed by atoms with Gasteiger partial charge >= 0.3 is 10.1 Å². The van der Waals surface area contributed by atoms with Crippen molar-refractivity contribution >= 4 is 15.9 Å². The van der Waals surface area contributed by atoms with Crippen molar-refractivity contribution in [1.82, 2.24) is 4.90 Å². The molecule has 5 nitrogen and oxygen atoms in total. The molecular formula is C18H25NO4S. The van der Waals surface area contributed by atoms with Gasteiger partial charge in [0.2, 0.25) is 0 Å². The molecule has 2 aliphatic rings. The fourth-order valence-electron chi connectivity index (χ4n) is 3.79. The summed E-state index contributed by atoms with van der Waals surface area (Å²) in [6.45, 7) is 8.93.